The molecule has 21 heavy (non-hydrogen) atoms. The number of pyridine rings is 1. The summed E-state index contributed by atoms with van der Waals surface area (Å²) in [5.41, 5.74) is 4.44. The summed E-state index contributed by atoms with van der Waals surface area (Å²) >= 11 is 0. The largest absolute Gasteiger partial charge is 0.347 e. The molecule has 3 heteroatoms. The SMILES string of the molecule is Cc1cn2ccc3c(-c4ccccc4)cc[c-]c3c2n1.[Ir]. The molecule has 0 atom stereocenters. The van der Waals surface area contributed by atoms with Crippen molar-refractivity contribution in [1.29, 1.82) is 0 Å². The van der Waals surface area contributed by atoms with Gasteiger partial charge in [0.2, 0.25) is 0 Å². The molecule has 2 aromatic carbocycles. The van der Waals surface area contributed by atoms with Crippen LogP contribution in [0.1, 0.15) is 5.69 Å². The van der Waals surface area contributed by atoms with Crippen molar-refractivity contribution in [2.24, 2.45) is 0 Å². The Bertz CT molecular complexity index is 910. The molecule has 0 aliphatic heterocycles. The summed E-state index contributed by atoms with van der Waals surface area (Å²) < 4.78 is 2.06. The average Bonchev–Trinajstić information content (AvgIpc) is 2.88. The third-order valence-corrected chi connectivity index (χ3v) is 3.60. The van der Waals surface area contributed by atoms with E-state index in [1.807, 2.05) is 25.3 Å². The van der Waals surface area contributed by atoms with Gasteiger partial charge < -0.3 is 4.40 Å². The van der Waals surface area contributed by atoms with E-state index in [0.29, 0.717) is 0 Å². The van der Waals surface area contributed by atoms with Crippen molar-refractivity contribution >= 4 is 16.4 Å². The third-order valence-electron chi connectivity index (χ3n) is 3.60. The summed E-state index contributed by atoms with van der Waals surface area (Å²) in [6.07, 6.45) is 4.11. The fourth-order valence-corrected chi connectivity index (χ4v) is 2.71. The molecule has 105 valence electrons. The summed E-state index contributed by atoms with van der Waals surface area (Å²) in [5, 5.41) is 2.26. The first-order valence-electron chi connectivity index (χ1n) is 6.67. The van der Waals surface area contributed by atoms with Crippen molar-refractivity contribution in [2.45, 2.75) is 6.92 Å². The van der Waals surface area contributed by atoms with Gasteiger partial charge in [-0.05, 0) is 18.7 Å². The zero-order valence-corrected chi connectivity index (χ0v) is 13.9. The summed E-state index contributed by atoms with van der Waals surface area (Å²) in [7, 11) is 0. The molecule has 0 unspecified atom stereocenters. The van der Waals surface area contributed by atoms with Gasteiger partial charge in [0.15, 0.2) is 0 Å². The van der Waals surface area contributed by atoms with Crippen LogP contribution in [0.3, 0.4) is 0 Å². The number of rotatable bonds is 1. The summed E-state index contributed by atoms with van der Waals surface area (Å²) in [5.74, 6) is 0. The van der Waals surface area contributed by atoms with Gasteiger partial charge >= 0.3 is 0 Å². The van der Waals surface area contributed by atoms with Gasteiger partial charge in [0.05, 0.1) is 5.65 Å². The Morgan fingerprint density at radius 3 is 2.67 bits per heavy atom. The second-order valence-corrected chi connectivity index (χ2v) is 4.97. The summed E-state index contributed by atoms with van der Waals surface area (Å²) in [4.78, 5) is 4.61. The van der Waals surface area contributed by atoms with Crippen LogP contribution in [-0.4, -0.2) is 9.38 Å². The van der Waals surface area contributed by atoms with Crippen LogP contribution in [0.4, 0.5) is 0 Å². The Balaban J connectivity index is 0.00000132. The molecular formula is C18H13IrN2-. The Morgan fingerprint density at radius 1 is 1.05 bits per heavy atom. The van der Waals surface area contributed by atoms with Crippen LogP contribution in [0.15, 0.2) is 60.9 Å². The second kappa shape index (κ2) is 5.44. The fraction of sp³-hybridized carbons (Fsp3) is 0.0556. The normalized spacial score (nSPS) is 10.7. The van der Waals surface area contributed by atoms with Crippen molar-refractivity contribution in [3.63, 3.8) is 0 Å². The maximum atomic E-state index is 4.61. The van der Waals surface area contributed by atoms with Crippen LogP contribution in [0.5, 0.6) is 0 Å². The van der Waals surface area contributed by atoms with Crippen LogP contribution in [-0.2, 0) is 20.1 Å². The number of aromatic nitrogens is 2. The fourth-order valence-electron chi connectivity index (χ4n) is 2.71. The smallest absolute Gasteiger partial charge is 0.0607 e. The first-order chi connectivity index (χ1) is 9.83. The monoisotopic (exact) mass is 450 g/mol. The van der Waals surface area contributed by atoms with Gasteiger partial charge in [-0.3, -0.25) is 4.98 Å². The maximum absolute atomic E-state index is 4.61. The van der Waals surface area contributed by atoms with Gasteiger partial charge in [0.25, 0.3) is 0 Å². The van der Waals surface area contributed by atoms with Crippen LogP contribution >= 0.6 is 0 Å². The molecule has 0 N–H and O–H groups in total. The molecule has 0 amide bonds. The van der Waals surface area contributed by atoms with Crippen molar-refractivity contribution < 1.29 is 20.1 Å². The number of hydrogen-bond donors (Lipinski definition) is 0. The van der Waals surface area contributed by atoms with Crippen molar-refractivity contribution in [3.05, 3.63) is 72.7 Å². The predicted molar refractivity (Wildman–Crippen MR) is 81.7 cm³/mol. The maximum Gasteiger partial charge on any atom is 0.0607 e. The van der Waals surface area contributed by atoms with E-state index >= 15 is 0 Å². The van der Waals surface area contributed by atoms with E-state index in [4.69, 9.17) is 0 Å². The molecule has 1 radical (unpaired) electrons. The number of hydrogen-bond acceptors (Lipinski definition) is 1. The Morgan fingerprint density at radius 2 is 1.86 bits per heavy atom. The minimum Gasteiger partial charge on any atom is -0.347 e. The van der Waals surface area contributed by atoms with E-state index in [-0.39, 0.29) is 20.1 Å². The topological polar surface area (TPSA) is 17.3 Å². The van der Waals surface area contributed by atoms with E-state index in [1.165, 1.54) is 16.5 Å². The molecular weight excluding hydrogens is 436 g/mol. The molecule has 2 heterocycles. The van der Waals surface area contributed by atoms with Crippen LogP contribution in [0.25, 0.3) is 27.5 Å². The Kier molecular flexibility index (Phi) is 3.62. The van der Waals surface area contributed by atoms with Crippen LogP contribution in [0, 0.1) is 13.0 Å². The summed E-state index contributed by atoms with van der Waals surface area (Å²) in [6, 6.07) is 20.0. The first-order valence-corrected chi connectivity index (χ1v) is 6.67. The third kappa shape index (κ3) is 2.29. The van der Waals surface area contributed by atoms with E-state index in [9.17, 15) is 0 Å². The molecule has 4 aromatic rings. The van der Waals surface area contributed by atoms with Crippen LogP contribution in [0.2, 0.25) is 0 Å². The van der Waals surface area contributed by atoms with E-state index < -0.39 is 0 Å². The van der Waals surface area contributed by atoms with Gasteiger partial charge in [0, 0.05) is 32.0 Å². The molecule has 0 fully saturated rings. The molecule has 0 spiro atoms. The minimum absolute atomic E-state index is 0. The van der Waals surface area contributed by atoms with E-state index in [1.54, 1.807) is 0 Å². The standard InChI is InChI=1S/C18H13N2.Ir/c1-13-12-20-11-10-16-15(14-6-3-2-4-7-14)8-5-9-17(16)18(20)19-13;/h2-8,10-12H,1H3;/q-1;. The zero-order chi connectivity index (χ0) is 13.5. The second-order valence-electron chi connectivity index (χ2n) is 4.97. The molecule has 4 rings (SSSR count). The predicted octanol–water partition coefficient (Wildman–Crippen LogP) is 4.26. The quantitative estimate of drug-likeness (QED) is 0.397. The first kappa shape index (κ1) is 14.0. The van der Waals surface area contributed by atoms with Gasteiger partial charge in [-0.15, -0.1) is 23.6 Å². The van der Waals surface area contributed by atoms with Gasteiger partial charge in [-0.1, -0.05) is 47.3 Å². The van der Waals surface area contributed by atoms with E-state index in [2.05, 4.69) is 58.0 Å². The number of nitrogens with zero attached hydrogens (tertiary/aromatic N) is 2. The number of aryl methyl sites for hydroxylation is 1. The van der Waals surface area contributed by atoms with Crippen molar-refractivity contribution in [1.82, 2.24) is 9.38 Å². The van der Waals surface area contributed by atoms with Gasteiger partial charge in [-0.2, -0.15) is 0 Å². The van der Waals surface area contributed by atoms with E-state index in [0.717, 1.165) is 16.7 Å². The average molecular weight is 450 g/mol. The molecule has 0 saturated carbocycles. The van der Waals surface area contributed by atoms with Crippen molar-refractivity contribution in [3.8, 4) is 11.1 Å². The number of benzene rings is 2. The number of imidazole rings is 1. The van der Waals surface area contributed by atoms with Gasteiger partial charge in [-0.25, -0.2) is 0 Å². The Labute approximate surface area is 136 Å². The molecule has 0 bridgehead atoms. The molecule has 2 nitrogen and oxygen atoms in total. The molecule has 0 aliphatic rings. The molecule has 2 aromatic heterocycles. The zero-order valence-electron chi connectivity index (χ0n) is 11.5. The van der Waals surface area contributed by atoms with Crippen LogP contribution < -0.4 is 0 Å². The number of fused-ring (bicyclic) bond motifs is 3. The summed E-state index contributed by atoms with van der Waals surface area (Å²) in [6.45, 7) is 2.01. The van der Waals surface area contributed by atoms with Gasteiger partial charge in [0.1, 0.15) is 0 Å². The molecule has 0 aliphatic carbocycles. The Hall–Kier alpha value is -1.96. The molecule has 0 saturated heterocycles. The van der Waals surface area contributed by atoms with Crippen molar-refractivity contribution in [2.75, 3.05) is 0 Å². The minimum atomic E-state index is 0.